The first-order chi connectivity index (χ1) is 5.75. The largest absolute Gasteiger partial charge is 0.303 e. The number of carbonyl (C=O) groups is 1. The van der Waals surface area contributed by atoms with E-state index in [1.54, 1.807) is 12.1 Å². The maximum Gasteiger partial charge on any atom is 0.142 e. The summed E-state index contributed by atoms with van der Waals surface area (Å²) in [6.45, 7) is 0. The van der Waals surface area contributed by atoms with E-state index in [4.69, 9.17) is 11.6 Å². The number of aldehydes is 1. The number of aryl methyl sites for hydroxylation is 1. The zero-order chi connectivity index (χ0) is 8.97. The van der Waals surface area contributed by atoms with E-state index in [1.165, 1.54) is 6.07 Å². The van der Waals surface area contributed by atoms with Crippen LogP contribution in [0.25, 0.3) is 0 Å². The molecule has 3 heteroatoms. The van der Waals surface area contributed by atoms with Crippen LogP contribution in [-0.4, -0.2) is 6.29 Å². The highest BCUT2D eigenvalue weighted by molar-refractivity contribution is 6.31. The maximum absolute atomic E-state index is 12.8. The third-order valence-electron chi connectivity index (χ3n) is 1.56. The second-order valence-electron chi connectivity index (χ2n) is 2.42. The number of benzene rings is 1. The second-order valence-corrected chi connectivity index (χ2v) is 2.80. The van der Waals surface area contributed by atoms with E-state index in [0.29, 0.717) is 18.4 Å². The Morgan fingerprint density at radius 1 is 1.50 bits per heavy atom. The van der Waals surface area contributed by atoms with Crippen LogP contribution >= 0.6 is 11.6 Å². The van der Waals surface area contributed by atoms with Crippen LogP contribution < -0.4 is 0 Å². The van der Waals surface area contributed by atoms with Gasteiger partial charge in [-0.15, -0.1) is 0 Å². The molecule has 0 aliphatic rings. The summed E-state index contributed by atoms with van der Waals surface area (Å²) < 4.78 is 12.8. The van der Waals surface area contributed by atoms with Crippen molar-refractivity contribution in [1.29, 1.82) is 0 Å². The molecule has 1 nitrogen and oxygen atoms in total. The molecular formula is C9H8ClFO. The summed E-state index contributed by atoms with van der Waals surface area (Å²) in [6.07, 6.45) is 1.67. The standard InChI is InChI=1S/C9H8ClFO/c10-9-7(4-2-6-12)3-1-5-8(9)11/h1,3,5-6H,2,4H2. The lowest BCUT2D eigenvalue weighted by Gasteiger charge is -2.01. The van der Waals surface area contributed by atoms with Crippen molar-refractivity contribution in [3.63, 3.8) is 0 Å². The molecule has 0 N–H and O–H groups in total. The van der Waals surface area contributed by atoms with E-state index in [9.17, 15) is 9.18 Å². The second kappa shape index (κ2) is 4.21. The van der Waals surface area contributed by atoms with Gasteiger partial charge in [0.15, 0.2) is 0 Å². The van der Waals surface area contributed by atoms with Crippen molar-refractivity contribution in [1.82, 2.24) is 0 Å². The fraction of sp³-hybridized carbons (Fsp3) is 0.222. The lowest BCUT2D eigenvalue weighted by Crippen LogP contribution is -1.89. The Hall–Kier alpha value is -0.890. The van der Waals surface area contributed by atoms with Gasteiger partial charge in [0.1, 0.15) is 12.1 Å². The van der Waals surface area contributed by atoms with Crippen LogP contribution in [0.1, 0.15) is 12.0 Å². The van der Waals surface area contributed by atoms with Crippen LogP contribution in [0, 0.1) is 5.82 Å². The van der Waals surface area contributed by atoms with Crippen molar-refractivity contribution in [3.8, 4) is 0 Å². The van der Waals surface area contributed by atoms with Crippen molar-refractivity contribution in [3.05, 3.63) is 34.6 Å². The van der Waals surface area contributed by atoms with E-state index in [1.807, 2.05) is 0 Å². The van der Waals surface area contributed by atoms with Gasteiger partial charge in [0.05, 0.1) is 5.02 Å². The Kier molecular flexibility index (Phi) is 3.23. The Bertz CT molecular complexity index is 286. The highest BCUT2D eigenvalue weighted by Crippen LogP contribution is 2.20. The molecule has 0 fully saturated rings. The molecule has 1 rings (SSSR count). The minimum absolute atomic E-state index is 0.124. The van der Waals surface area contributed by atoms with Crippen molar-refractivity contribution in [2.24, 2.45) is 0 Å². The third kappa shape index (κ3) is 2.05. The summed E-state index contributed by atoms with van der Waals surface area (Å²) >= 11 is 5.64. The molecule has 0 saturated heterocycles. The highest BCUT2D eigenvalue weighted by Gasteiger charge is 2.03. The first-order valence-corrected chi connectivity index (χ1v) is 4.00. The fourth-order valence-electron chi connectivity index (χ4n) is 0.956. The van der Waals surface area contributed by atoms with Gasteiger partial charge in [-0.05, 0) is 18.1 Å². The van der Waals surface area contributed by atoms with Crippen LogP contribution in [0.3, 0.4) is 0 Å². The summed E-state index contributed by atoms with van der Waals surface area (Å²) in [5.41, 5.74) is 0.684. The van der Waals surface area contributed by atoms with Crippen LogP contribution in [0.2, 0.25) is 5.02 Å². The third-order valence-corrected chi connectivity index (χ3v) is 1.99. The van der Waals surface area contributed by atoms with E-state index in [0.717, 1.165) is 6.29 Å². The molecule has 0 atom stereocenters. The molecule has 0 heterocycles. The summed E-state index contributed by atoms with van der Waals surface area (Å²) in [4.78, 5) is 10.0. The summed E-state index contributed by atoms with van der Waals surface area (Å²) in [5, 5.41) is 0.124. The van der Waals surface area contributed by atoms with Gasteiger partial charge in [-0.25, -0.2) is 4.39 Å². The van der Waals surface area contributed by atoms with Gasteiger partial charge < -0.3 is 4.79 Å². The Morgan fingerprint density at radius 3 is 2.92 bits per heavy atom. The average Bonchev–Trinajstić information content (AvgIpc) is 2.08. The summed E-state index contributed by atoms with van der Waals surface area (Å²) in [7, 11) is 0. The maximum atomic E-state index is 12.8. The lowest BCUT2D eigenvalue weighted by molar-refractivity contribution is -0.107. The molecule has 12 heavy (non-hydrogen) atoms. The Morgan fingerprint density at radius 2 is 2.25 bits per heavy atom. The van der Waals surface area contributed by atoms with Crippen molar-refractivity contribution in [2.75, 3.05) is 0 Å². The summed E-state index contributed by atoms with van der Waals surface area (Å²) in [5.74, 6) is -0.430. The van der Waals surface area contributed by atoms with Gasteiger partial charge in [0.2, 0.25) is 0 Å². The Balaban J connectivity index is 2.84. The Labute approximate surface area is 75.2 Å². The van der Waals surface area contributed by atoms with Crippen molar-refractivity contribution in [2.45, 2.75) is 12.8 Å². The van der Waals surface area contributed by atoms with Gasteiger partial charge in [-0.1, -0.05) is 23.7 Å². The van der Waals surface area contributed by atoms with Crippen molar-refractivity contribution >= 4 is 17.9 Å². The van der Waals surface area contributed by atoms with Gasteiger partial charge in [0.25, 0.3) is 0 Å². The number of hydrogen-bond acceptors (Lipinski definition) is 1. The molecule has 0 spiro atoms. The zero-order valence-corrected chi connectivity index (χ0v) is 7.14. The van der Waals surface area contributed by atoms with Crippen molar-refractivity contribution < 1.29 is 9.18 Å². The molecular weight excluding hydrogens is 179 g/mol. The first kappa shape index (κ1) is 9.20. The highest BCUT2D eigenvalue weighted by atomic mass is 35.5. The summed E-state index contributed by atoms with van der Waals surface area (Å²) in [6, 6.07) is 4.60. The molecule has 64 valence electrons. The molecule has 0 unspecified atom stereocenters. The normalized spacial score (nSPS) is 9.83. The minimum atomic E-state index is -0.430. The molecule has 0 aliphatic heterocycles. The smallest absolute Gasteiger partial charge is 0.142 e. The number of carbonyl (C=O) groups excluding carboxylic acids is 1. The predicted molar refractivity (Wildman–Crippen MR) is 45.8 cm³/mol. The molecule has 1 aromatic carbocycles. The minimum Gasteiger partial charge on any atom is -0.303 e. The molecule has 0 amide bonds. The zero-order valence-electron chi connectivity index (χ0n) is 6.39. The lowest BCUT2D eigenvalue weighted by atomic mass is 10.1. The number of rotatable bonds is 3. The molecule has 0 saturated carbocycles. The van der Waals surface area contributed by atoms with E-state index in [-0.39, 0.29) is 5.02 Å². The molecule has 0 aliphatic carbocycles. The van der Waals surface area contributed by atoms with Gasteiger partial charge in [0, 0.05) is 6.42 Å². The molecule has 0 aromatic heterocycles. The molecule has 0 bridgehead atoms. The fourth-order valence-corrected chi connectivity index (χ4v) is 1.18. The number of halogens is 2. The molecule has 1 aromatic rings. The molecule has 0 radical (unpaired) electrons. The predicted octanol–water partition coefficient (Wildman–Crippen LogP) is 2.61. The van der Waals surface area contributed by atoms with E-state index in [2.05, 4.69) is 0 Å². The topological polar surface area (TPSA) is 17.1 Å². The number of hydrogen-bond donors (Lipinski definition) is 0. The quantitative estimate of drug-likeness (QED) is 0.664. The SMILES string of the molecule is O=CCCc1cccc(F)c1Cl. The van der Waals surface area contributed by atoms with Crippen LogP contribution in [0.4, 0.5) is 4.39 Å². The first-order valence-electron chi connectivity index (χ1n) is 3.62. The van der Waals surface area contributed by atoms with Gasteiger partial charge in [-0.3, -0.25) is 0 Å². The van der Waals surface area contributed by atoms with Crippen LogP contribution in [0.5, 0.6) is 0 Å². The monoisotopic (exact) mass is 186 g/mol. The van der Waals surface area contributed by atoms with E-state index < -0.39 is 5.82 Å². The van der Waals surface area contributed by atoms with E-state index >= 15 is 0 Å². The van der Waals surface area contributed by atoms with Crippen LogP contribution in [0.15, 0.2) is 18.2 Å². The van der Waals surface area contributed by atoms with Gasteiger partial charge >= 0.3 is 0 Å². The average molecular weight is 187 g/mol. The van der Waals surface area contributed by atoms with Gasteiger partial charge in [-0.2, -0.15) is 0 Å². The van der Waals surface area contributed by atoms with Crippen LogP contribution in [-0.2, 0) is 11.2 Å².